The van der Waals surface area contributed by atoms with Gasteiger partial charge in [-0.2, -0.15) is 5.10 Å². The van der Waals surface area contributed by atoms with Crippen LogP contribution in [0.1, 0.15) is 5.56 Å². The molecule has 0 atom stereocenters. The smallest absolute Gasteiger partial charge is 0.142 e. The normalized spacial score (nSPS) is 10.6. The van der Waals surface area contributed by atoms with Crippen molar-refractivity contribution in [1.29, 1.82) is 0 Å². The molecule has 0 radical (unpaired) electrons. The van der Waals surface area contributed by atoms with Gasteiger partial charge in [-0.05, 0) is 40.3 Å². The minimum atomic E-state index is -0.393. The predicted octanol–water partition coefficient (Wildman–Crippen LogP) is 3.33. The van der Waals surface area contributed by atoms with Crippen molar-refractivity contribution in [3.8, 4) is 0 Å². The average Bonchev–Trinajstić information content (AvgIpc) is 2.58. The molecule has 0 aliphatic carbocycles. The molecule has 1 heterocycles. The predicted molar refractivity (Wildman–Crippen MR) is 65.5 cm³/mol. The molecule has 0 spiro atoms. The molecule has 1 aromatic carbocycles. The van der Waals surface area contributed by atoms with Crippen molar-refractivity contribution in [2.45, 2.75) is 6.54 Å². The number of rotatable bonds is 2. The zero-order valence-corrected chi connectivity index (χ0v) is 10.5. The molecule has 0 saturated heterocycles. The molecule has 1 aromatic heterocycles. The van der Waals surface area contributed by atoms with Crippen LogP contribution in [-0.4, -0.2) is 9.78 Å². The number of aromatic nitrogens is 2. The zero-order chi connectivity index (χ0) is 10.8. The van der Waals surface area contributed by atoms with Crippen LogP contribution in [-0.2, 0) is 6.54 Å². The third-order valence-electron chi connectivity index (χ3n) is 1.93. The molecular formula is C10H7ClFIN2. The summed E-state index contributed by atoms with van der Waals surface area (Å²) in [6, 6.07) is 4.78. The topological polar surface area (TPSA) is 17.8 Å². The Bertz CT molecular complexity index is 484. The van der Waals surface area contributed by atoms with Gasteiger partial charge in [-0.3, -0.25) is 4.68 Å². The monoisotopic (exact) mass is 336 g/mol. The van der Waals surface area contributed by atoms with E-state index >= 15 is 0 Å². The second kappa shape index (κ2) is 4.49. The summed E-state index contributed by atoms with van der Waals surface area (Å²) in [6.45, 7) is 0.553. The van der Waals surface area contributed by atoms with Gasteiger partial charge >= 0.3 is 0 Å². The van der Waals surface area contributed by atoms with E-state index in [4.69, 9.17) is 11.6 Å². The summed E-state index contributed by atoms with van der Waals surface area (Å²) in [4.78, 5) is 0. The van der Waals surface area contributed by atoms with Crippen molar-refractivity contribution >= 4 is 34.2 Å². The molecule has 15 heavy (non-hydrogen) atoms. The standard InChI is InChI=1S/C10H7ClFIN2/c11-9-2-1-7(3-10(9)12)5-15-6-8(13)4-14-15/h1-4,6H,5H2. The first kappa shape index (κ1) is 10.9. The zero-order valence-electron chi connectivity index (χ0n) is 7.62. The summed E-state index contributed by atoms with van der Waals surface area (Å²) >= 11 is 7.77. The second-order valence-electron chi connectivity index (χ2n) is 3.10. The maximum Gasteiger partial charge on any atom is 0.142 e. The number of hydrogen-bond acceptors (Lipinski definition) is 1. The van der Waals surface area contributed by atoms with Gasteiger partial charge in [0, 0.05) is 6.20 Å². The van der Waals surface area contributed by atoms with Crippen molar-refractivity contribution in [1.82, 2.24) is 9.78 Å². The molecule has 0 unspecified atom stereocenters. The SMILES string of the molecule is Fc1cc(Cn2cc(I)cn2)ccc1Cl. The summed E-state index contributed by atoms with van der Waals surface area (Å²) in [5.41, 5.74) is 0.844. The summed E-state index contributed by atoms with van der Waals surface area (Å²) in [6.07, 6.45) is 3.65. The van der Waals surface area contributed by atoms with E-state index in [2.05, 4.69) is 27.7 Å². The Morgan fingerprint density at radius 2 is 2.27 bits per heavy atom. The number of halogens is 3. The van der Waals surface area contributed by atoms with Crippen molar-refractivity contribution in [2.24, 2.45) is 0 Å². The third-order valence-corrected chi connectivity index (χ3v) is 2.79. The van der Waals surface area contributed by atoms with Crippen molar-refractivity contribution in [2.75, 3.05) is 0 Å². The number of nitrogens with zero attached hydrogens (tertiary/aromatic N) is 2. The third kappa shape index (κ3) is 2.69. The lowest BCUT2D eigenvalue weighted by molar-refractivity contribution is 0.619. The highest BCUT2D eigenvalue weighted by Crippen LogP contribution is 2.16. The van der Waals surface area contributed by atoms with Gasteiger partial charge in [0.15, 0.2) is 0 Å². The Kier molecular flexibility index (Phi) is 3.25. The molecule has 78 valence electrons. The first-order chi connectivity index (χ1) is 7.15. The molecule has 2 rings (SSSR count). The lowest BCUT2D eigenvalue weighted by atomic mass is 10.2. The van der Waals surface area contributed by atoms with Gasteiger partial charge in [0.25, 0.3) is 0 Å². The average molecular weight is 337 g/mol. The van der Waals surface area contributed by atoms with Crippen LogP contribution in [0.25, 0.3) is 0 Å². The molecule has 2 aromatic rings. The van der Waals surface area contributed by atoms with Crippen molar-refractivity contribution < 1.29 is 4.39 Å². The van der Waals surface area contributed by atoms with E-state index in [0.717, 1.165) is 9.13 Å². The van der Waals surface area contributed by atoms with Crippen molar-refractivity contribution in [3.63, 3.8) is 0 Å². The number of benzene rings is 1. The fraction of sp³-hybridized carbons (Fsp3) is 0.100. The first-order valence-corrected chi connectivity index (χ1v) is 5.73. The van der Waals surface area contributed by atoms with Gasteiger partial charge in [0.2, 0.25) is 0 Å². The Morgan fingerprint density at radius 1 is 1.47 bits per heavy atom. The van der Waals surface area contributed by atoms with E-state index in [1.54, 1.807) is 23.0 Å². The molecule has 2 nitrogen and oxygen atoms in total. The molecule has 0 N–H and O–H groups in total. The maximum atomic E-state index is 13.1. The lowest BCUT2D eigenvalue weighted by Gasteiger charge is -2.02. The number of hydrogen-bond donors (Lipinski definition) is 0. The van der Waals surface area contributed by atoms with Crippen LogP contribution < -0.4 is 0 Å². The van der Waals surface area contributed by atoms with Gasteiger partial charge in [-0.1, -0.05) is 17.7 Å². The second-order valence-corrected chi connectivity index (χ2v) is 4.76. The Labute approximate surface area is 105 Å². The minimum absolute atomic E-state index is 0.147. The van der Waals surface area contributed by atoms with Crippen LogP contribution in [0.5, 0.6) is 0 Å². The maximum absolute atomic E-state index is 13.1. The Morgan fingerprint density at radius 3 is 2.87 bits per heavy atom. The molecule has 0 fully saturated rings. The van der Waals surface area contributed by atoms with Gasteiger partial charge in [-0.25, -0.2) is 4.39 Å². The molecule has 5 heteroatoms. The summed E-state index contributed by atoms with van der Waals surface area (Å²) in [5, 5.41) is 4.26. The van der Waals surface area contributed by atoms with Crippen LogP contribution in [0, 0.1) is 9.39 Å². The van der Waals surface area contributed by atoms with E-state index in [-0.39, 0.29) is 5.02 Å². The van der Waals surface area contributed by atoms with Crippen molar-refractivity contribution in [3.05, 3.63) is 50.6 Å². The van der Waals surface area contributed by atoms with E-state index < -0.39 is 5.82 Å². The molecule has 0 bridgehead atoms. The first-order valence-electron chi connectivity index (χ1n) is 4.27. The molecule has 0 aliphatic rings. The highest BCUT2D eigenvalue weighted by atomic mass is 127. The van der Waals surface area contributed by atoms with Gasteiger partial charge in [0.1, 0.15) is 5.82 Å². The fourth-order valence-corrected chi connectivity index (χ4v) is 1.81. The largest absolute Gasteiger partial charge is 0.267 e. The quantitative estimate of drug-likeness (QED) is 0.769. The van der Waals surface area contributed by atoms with Crippen LogP contribution in [0.3, 0.4) is 0 Å². The Hall–Kier alpha value is -0.620. The Balaban J connectivity index is 2.21. The highest BCUT2D eigenvalue weighted by molar-refractivity contribution is 14.1. The van der Waals surface area contributed by atoms with Crippen LogP contribution in [0.4, 0.5) is 4.39 Å². The molecule has 0 aliphatic heterocycles. The van der Waals surface area contributed by atoms with Gasteiger partial charge in [-0.15, -0.1) is 0 Å². The fourth-order valence-electron chi connectivity index (χ4n) is 1.25. The van der Waals surface area contributed by atoms with E-state index in [0.29, 0.717) is 6.54 Å². The van der Waals surface area contributed by atoms with Crippen LogP contribution >= 0.6 is 34.2 Å². The summed E-state index contributed by atoms with van der Waals surface area (Å²) < 4.78 is 15.9. The highest BCUT2D eigenvalue weighted by Gasteiger charge is 2.02. The van der Waals surface area contributed by atoms with Crippen LogP contribution in [0.2, 0.25) is 5.02 Å². The molecular weight excluding hydrogens is 329 g/mol. The summed E-state index contributed by atoms with van der Waals surface area (Å²) in [7, 11) is 0. The molecule has 0 saturated carbocycles. The van der Waals surface area contributed by atoms with E-state index in [1.165, 1.54) is 6.07 Å². The van der Waals surface area contributed by atoms with Gasteiger partial charge in [0.05, 0.1) is 21.3 Å². The van der Waals surface area contributed by atoms with Gasteiger partial charge < -0.3 is 0 Å². The lowest BCUT2D eigenvalue weighted by Crippen LogP contribution is -2.00. The molecule has 0 amide bonds. The van der Waals surface area contributed by atoms with E-state index in [1.807, 2.05) is 6.20 Å². The van der Waals surface area contributed by atoms with Crippen LogP contribution in [0.15, 0.2) is 30.6 Å². The summed E-state index contributed by atoms with van der Waals surface area (Å²) in [5.74, 6) is -0.393. The minimum Gasteiger partial charge on any atom is -0.267 e. The van der Waals surface area contributed by atoms with E-state index in [9.17, 15) is 4.39 Å².